The Balaban J connectivity index is 1.50. The lowest BCUT2D eigenvalue weighted by molar-refractivity contribution is -0.274. The van der Waals surface area contributed by atoms with E-state index in [9.17, 15) is 18.0 Å². The number of nitrogens with one attached hydrogen (secondary N) is 1. The van der Waals surface area contributed by atoms with Crippen molar-refractivity contribution in [2.24, 2.45) is 7.05 Å². The lowest BCUT2D eigenvalue weighted by Crippen LogP contribution is -2.25. The average molecular weight is 389 g/mol. The molecule has 0 aliphatic rings. The fraction of sp³-hybridized carbons (Fsp3) is 0.200. The van der Waals surface area contributed by atoms with Crippen molar-refractivity contribution in [2.45, 2.75) is 12.8 Å². The predicted molar refractivity (Wildman–Crippen MR) is 97.8 cm³/mol. The van der Waals surface area contributed by atoms with Crippen molar-refractivity contribution < 1.29 is 22.7 Å². The third kappa shape index (κ3) is 5.12. The molecule has 1 aromatic heterocycles. The molecule has 0 bridgehead atoms. The summed E-state index contributed by atoms with van der Waals surface area (Å²) in [6.07, 6.45) is -2.39. The van der Waals surface area contributed by atoms with Crippen LogP contribution < -0.4 is 10.1 Å². The molecule has 146 valence electrons. The van der Waals surface area contributed by atoms with Gasteiger partial charge in [0.2, 0.25) is 0 Å². The van der Waals surface area contributed by atoms with E-state index in [0.29, 0.717) is 13.0 Å². The van der Waals surface area contributed by atoms with Gasteiger partial charge >= 0.3 is 6.36 Å². The largest absolute Gasteiger partial charge is 0.573 e. The first-order valence-corrected chi connectivity index (χ1v) is 8.53. The molecule has 8 heteroatoms. The van der Waals surface area contributed by atoms with Crippen LogP contribution in [0.15, 0.2) is 60.8 Å². The number of carbonyl (C=O) groups is 1. The summed E-state index contributed by atoms with van der Waals surface area (Å²) in [7, 11) is 1.88. The monoisotopic (exact) mass is 389 g/mol. The van der Waals surface area contributed by atoms with Crippen molar-refractivity contribution in [1.82, 2.24) is 15.1 Å². The third-order valence-electron chi connectivity index (χ3n) is 4.12. The third-order valence-corrected chi connectivity index (χ3v) is 4.12. The maximum Gasteiger partial charge on any atom is 0.573 e. The van der Waals surface area contributed by atoms with Gasteiger partial charge in [-0.25, -0.2) is 0 Å². The molecule has 0 aliphatic heterocycles. The highest BCUT2D eigenvalue weighted by Gasteiger charge is 2.31. The number of amides is 1. The van der Waals surface area contributed by atoms with E-state index in [2.05, 4.69) is 15.2 Å². The molecule has 2 aromatic carbocycles. The van der Waals surface area contributed by atoms with E-state index in [1.54, 1.807) is 10.9 Å². The topological polar surface area (TPSA) is 56.2 Å². The zero-order chi connectivity index (χ0) is 20.1. The molecule has 3 rings (SSSR count). The van der Waals surface area contributed by atoms with E-state index in [-0.39, 0.29) is 17.2 Å². The molecule has 28 heavy (non-hydrogen) atoms. The van der Waals surface area contributed by atoms with Gasteiger partial charge in [0.05, 0.1) is 5.69 Å². The molecule has 1 heterocycles. The van der Waals surface area contributed by atoms with E-state index in [1.807, 2.05) is 37.4 Å². The number of carbonyl (C=O) groups excluding carboxylic acids is 1. The van der Waals surface area contributed by atoms with E-state index < -0.39 is 6.36 Å². The number of benzene rings is 2. The van der Waals surface area contributed by atoms with Gasteiger partial charge in [0.1, 0.15) is 5.75 Å². The maximum atomic E-state index is 12.1. The van der Waals surface area contributed by atoms with Crippen LogP contribution in [0.1, 0.15) is 15.9 Å². The molecule has 1 amide bonds. The molecule has 0 fully saturated rings. The van der Waals surface area contributed by atoms with Crippen LogP contribution in [-0.4, -0.2) is 28.6 Å². The highest BCUT2D eigenvalue weighted by Crippen LogP contribution is 2.23. The van der Waals surface area contributed by atoms with Gasteiger partial charge in [0, 0.05) is 25.4 Å². The molecule has 0 spiro atoms. The second-order valence-corrected chi connectivity index (χ2v) is 6.12. The van der Waals surface area contributed by atoms with Crippen LogP contribution in [0, 0.1) is 0 Å². The quantitative estimate of drug-likeness (QED) is 0.694. The van der Waals surface area contributed by atoms with Crippen molar-refractivity contribution in [3.05, 3.63) is 71.9 Å². The first-order valence-electron chi connectivity index (χ1n) is 8.53. The van der Waals surface area contributed by atoms with Crippen molar-refractivity contribution in [3.8, 4) is 17.0 Å². The second-order valence-electron chi connectivity index (χ2n) is 6.12. The molecule has 0 atom stereocenters. The molecular weight excluding hydrogens is 371 g/mol. The Morgan fingerprint density at radius 1 is 1.07 bits per heavy atom. The van der Waals surface area contributed by atoms with Crippen molar-refractivity contribution in [1.29, 1.82) is 0 Å². The average Bonchev–Trinajstić information content (AvgIpc) is 3.07. The van der Waals surface area contributed by atoms with Crippen LogP contribution in [0.3, 0.4) is 0 Å². The van der Waals surface area contributed by atoms with E-state index in [4.69, 9.17) is 0 Å². The number of rotatable bonds is 6. The Labute approximate surface area is 159 Å². The Hall–Kier alpha value is -3.29. The van der Waals surface area contributed by atoms with Crippen LogP contribution in [-0.2, 0) is 13.5 Å². The molecule has 0 saturated carbocycles. The lowest BCUT2D eigenvalue weighted by atomic mass is 10.1. The van der Waals surface area contributed by atoms with Gasteiger partial charge in [-0.15, -0.1) is 13.2 Å². The Bertz CT molecular complexity index is 933. The van der Waals surface area contributed by atoms with E-state index in [0.717, 1.165) is 29.0 Å². The lowest BCUT2D eigenvalue weighted by Gasteiger charge is -2.10. The van der Waals surface area contributed by atoms with Gasteiger partial charge in [-0.1, -0.05) is 24.3 Å². The van der Waals surface area contributed by atoms with Gasteiger partial charge in [-0.05, 0) is 47.9 Å². The minimum atomic E-state index is -4.75. The summed E-state index contributed by atoms with van der Waals surface area (Å²) in [5.74, 6) is -0.720. The summed E-state index contributed by atoms with van der Waals surface area (Å²) in [5.41, 5.74) is 3.38. The molecular formula is C20H18F3N3O2. The number of nitrogens with zero attached hydrogens (tertiary/aromatic N) is 2. The predicted octanol–water partition coefficient (Wildman–Crippen LogP) is 3.96. The van der Waals surface area contributed by atoms with E-state index >= 15 is 0 Å². The van der Waals surface area contributed by atoms with Crippen LogP contribution in [0.2, 0.25) is 0 Å². The summed E-state index contributed by atoms with van der Waals surface area (Å²) >= 11 is 0. The molecule has 3 aromatic rings. The van der Waals surface area contributed by atoms with E-state index in [1.165, 1.54) is 12.1 Å². The van der Waals surface area contributed by atoms with Gasteiger partial charge < -0.3 is 10.1 Å². The second kappa shape index (κ2) is 8.16. The molecule has 1 N–H and O–H groups in total. The minimum Gasteiger partial charge on any atom is -0.406 e. The molecule has 0 unspecified atom stereocenters. The highest BCUT2D eigenvalue weighted by molar-refractivity contribution is 5.94. The number of hydrogen-bond acceptors (Lipinski definition) is 3. The normalized spacial score (nSPS) is 11.3. The number of ether oxygens (including phenoxy) is 1. The maximum absolute atomic E-state index is 12.1. The zero-order valence-corrected chi connectivity index (χ0v) is 15.0. The molecule has 0 saturated heterocycles. The Morgan fingerprint density at radius 3 is 2.32 bits per heavy atom. The standard InChI is InChI=1S/C20H18F3N3O2/c1-26-18(11-13-25-26)15-4-2-14(3-5-15)10-12-24-19(27)16-6-8-17(9-7-16)28-20(21,22)23/h2-9,11,13H,10,12H2,1H3,(H,24,27). The molecule has 5 nitrogen and oxygen atoms in total. The number of alkyl halides is 3. The first kappa shape index (κ1) is 19.5. The number of aryl methyl sites for hydroxylation is 1. The van der Waals surface area contributed by atoms with Crippen LogP contribution in [0.5, 0.6) is 5.75 Å². The fourth-order valence-electron chi connectivity index (χ4n) is 2.73. The van der Waals surface area contributed by atoms with Crippen molar-refractivity contribution in [2.75, 3.05) is 6.54 Å². The first-order chi connectivity index (χ1) is 13.3. The fourth-order valence-corrected chi connectivity index (χ4v) is 2.73. The summed E-state index contributed by atoms with van der Waals surface area (Å²) < 4.78 is 42.0. The zero-order valence-electron chi connectivity index (χ0n) is 15.0. The van der Waals surface area contributed by atoms with Crippen LogP contribution in [0.4, 0.5) is 13.2 Å². The van der Waals surface area contributed by atoms with Crippen LogP contribution >= 0.6 is 0 Å². The Kier molecular flexibility index (Phi) is 5.67. The van der Waals surface area contributed by atoms with Gasteiger partial charge in [0.25, 0.3) is 5.91 Å². The van der Waals surface area contributed by atoms with Gasteiger partial charge in [0.15, 0.2) is 0 Å². The van der Waals surface area contributed by atoms with Crippen molar-refractivity contribution in [3.63, 3.8) is 0 Å². The minimum absolute atomic E-state index is 0.265. The van der Waals surface area contributed by atoms with Gasteiger partial charge in [-0.3, -0.25) is 9.48 Å². The molecule has 0 radical (unpaired) electrons. The summed E-state index contributed by atoms with van der Waals surface area (Å²) in [5, 5.41) is 6.89. The summed E-state index contributed by atoms with van der Waals surface area (Å²) in [6, 6.07) is 14.7. The molecule has 0 aliphatic carbocycles. The van der Waals surface area contributed by atoms with Gasteiger partial charge in [-0.2, -0.15) is 5.10 Å². The smallest absolute Gasteiger partial charge is 0.406 e. The SMILES string of the molecule is Cn1nccc1-c1ccc(CCNC(=O)c2ccc(OC(F)(F)F)cc2)cc1. The van der Waals surface area contributed by atoms with Crippen LogP contribution in [0.25, 0.3) is 11.3 Å². The number of halogens is 3. The number of hydrogen-bond donors (Lipinski definition) is 1. The summed E-state index contributed by atoms with van der Waals surface area (Å²) in [6.45, 7) is 0.407. The highest BCUT2D eigenvalue weighted by atomic mass is 19.4. The summed E-state index contributed by atoms with van der Waals surface area (Å²) in [4.78, 5) is 12.1. The van der Waals surface area contributed by atoms with Crippen molar-refractivity contribution >= 4 is 5.91 Å². The Morgan fingerprint density at radius 2 is 1.75 bits per heavy atom. The number of aromatic nitrogens is 2.